The molecule has 1 amide bonds. The first-order chi connectivity index (χ1) is 13.4. The number of carbonyl (C=O) groups is 3. The maximum atomic E-state index is 12.2. The first-order valence-electron chi connectivity index (χ1n) is 8.58. The molecular formula is C20H19N3O4S. The van der Waals surface area contributed by atoms with Gasteiger partial charge >= 0.3 is 5.97 Å². The summed E-state index contributed by atoms with van der Waals surface area (Å²) >= 11 is 1.27. The minimum Gasteiger partial charge on any atom is -0.454 e. The summed E-state index contributed by atoms with van der Waals surface area (Å²) in [6.07, 6.45) is 1.70. The minimum atomic E-state index is -0.563. The number of Topliss-reactive ketones (excluding diaryl/α,β-unsaturated/α-hetero) is 1. The van der Waals surface area contributed by atoms with Crippen LogP contribution in [0.15, 0.2) is 48.7 Å². The summed E-state index contributed by atoms with van der Waals surface area (Å²) in [4.78, 5) is 36.7. The fourth-order valence-corrected chi connectivity index (χ4v) is 3.37. The van der Waals surface area contributed by atoms with Crippen molar-refractivity contribution in [1.29, 1.82) is 0 Å². The molecule has 28 heavy (non-hydrogen) atoms. The van der Waals surface area contributed by atoms with E-state index in [-0.39, 0.29) is 18.3 Å². The monoisotopic (exact) mass is 397 g/mol. The molecule has 0 atom stereocenters. The molecule has 0 saturated heterocycles. The molecule has 3 rings (SSSR count). The zero-order valence-electron chi connectivity index (χ0n) is 15.5. The maximum absolute atomic E-state index is 12.2. The summed E-state index contributed by atoms with van der Waals surface area (Å²) in [7, 11) is 0. The fraction of sp³-hybridized carbons (Fsp3) is 0.200. The number of benzene rings is 1. The Morgan fingerprint density at radius 3 is 2.50 bits per heavy atom. The van der Waals surface area contributed by atoms with Gasteiger partial charge in [0.15, 0.2) is 6.61 Å². The molecule has 0 spiro atoms. The van der Waals surface area contributed by atoms with Crippen LogP contribution in [-0.2, 0) is 16.1 Å². The van der Waals surface area contributed by atoms with Gasteiger partial charge in [-0.2, -0.15) is 5.10 Å². The zero-order chi connectivity index (χ0) is 20.1. The molecule has 2 aromatic heterocycles. The smallest absolute Gasteiger partial charge is 0.338 e. The van der Waals surface area contributed by atoms with E-state index < -0.39 is 5.97 Å². The van der Waals surface area contributed by atoms with Crippen molar-refractivity contribution in [3.05, 3.63) is 69.7 Å². The number of aryl methyl sites for hydroxylation is 1. The van der Waals surface area contributed by atoms with E-state index in [0.717, 1.165) is 16.3 Å². The summed E-state index contributed by atoms with van der Waals surface area (Å²) in [5.41, 5.74) is 2.18. The highest BCUT2D eigenvalue weighted by atomic mass is 32.1. The van der Waals surface area contributed by atoms with Crippen molar-refractivity contribution >= 4 is 29.0 Å². The number of thiophene rings is 1. The Bertz CT molecular complexity index is 1000. The molecule has 2 heterocycles. The van der Waals surface area contributed by atoms with E-state index in [0.29, 0.717) is 17.0 Å². The zero-order valence-corrected chi connectivity index (χ0v) is 16.3. The third-order valence-corrected chi connectivity index (χ3v) is 5.09. The quantitative estimate of drug-likeness (QED) is 0.489. The normalized spacial score (nSPS) is 10.5. The van der Waals surface area contributed by atoms with Gasteiger partial charge in [0, 0.05) is 23.7 Å². The van der Waals surface area contributed by atoms with Gasteiger partial charge in [-0.25, -0.2) is 9.48 Å². The molecule has 0 unspecified atom stereocenters. The Balaban J connectivity index is 1.55. The van der Waals surface area contributed by atoms with Crippen LogP contribution in [0.2, 0.25) is 0 Å². The number of nitrogens with zero attached hydrogens (tertiary/aromatic N) is 2. The third-order valence-electron chi connectivity index (χ3n) is 3.96. The van der Waals surface area contributed by atoms with Gasteiger partial charge in [0.2, 0.25) is 11.7 Å². The first-order valence-corrected chi connectivity index (χ1v) is 9.40. The van der Waals surface area contributed by atoms with Gasteiger partial charge < -0.3 is 10.1 Å². The summed E-state index contributed by atoms with van der Waals surface area (Å²) in [5, 5.41) is 6.88. The highest BCUT2D eigenvalue weighted by molar-refractivity contribution is 7.14. The topological polar surface area (TPSA) is 90.3 Å². The minimum absolute atomic E-state index is 0.135. The van der Waals surface area contributed by atoms with Gasteiger partial charge in [-0.3, -0.25) is 9.59 Å². The van der Waals surface area contributed by atoms with E-state index in [1.54, 1.807) is 47.3 Å². The molecule has 1 aromatic carbocycles. The molecule has 0 aliphatic rings. The van der Waals surface area contributed by atoms with Gasteiger partial charge in [-0.1, -0.05) is 0 Å². The summed E-state index contributed by atoms with van der Waals surface area (Å²) < 4.78 is 6.89. The van der Waals surface area contributed by atoms with Gasteiger partial charge in [0.1, 0.15) is 0 Å². The lowest BCUT2D eigenvalue weighted by Gasteiger charge is -2.06. The number of carbonyl (C=O) groups excluding carboxylic acids is 3. The average molecular weight is 397 g/mol. The van der Waals surface area contributed by atoms with Crippen molar-refractivity contribution in [1.82, 2.24) is 15.1 Å². The SMILES string of the molecule is CC(=O)NCc1ccc(C(=O)COC(=O)c2ccc(-n3nccc3C)cc2)s1. The number of aromatic nitrogens is 2. The molecule has 0 fully saturated rings. The Morgan fingerprint density at radius 1 is 1.11 bits per heavy atom. The van der Waals surface area contributed by atoms with E-state index in [1.165, 1.54) is 18.3 Å². The van der Waals surface area contributed by atoms with Crippen molar-refractivity contribution < 1.29 is 19.1 Å². The number of nitrogens with one attached hydrogen (secondary N) is 1. The van der Waals surface area contributed by atoms with Crippen molar-refractivity contribution in [2.24, 2.45) is 0 Å². The first kappa shape index (κ1) is 19.5. The number of hydrogen-bond acceptors (Lipinski definition) is 6. The standard InChI is InChI=1S/C20H19N3O4S/c1-13-9-10-22-23(13)16-5-3-15(4-6-16)20(26)27-12-18(25)19-8-7-17(28-19)11-21-14(2)24/h3-10H,11-12H2,1-2H3,(H,21,24). The van der Waals surface area contributed by atoms with Crippen molar-refractivity contribution in [2.45, 2.75) is 20.4 Å². The Hall–Kier alpha value is -3.26. The van der Waals surface area contributed by atoms with E-state index in [1.807, 2.05) is 13.0 Å². The lowest BCUT2D eigenvalue weighted by molar-refractivity contribution is -0.119. The van der Waals surface area contributed by atoms with Crippen molar-refractivity contribution in [3.8, 4) is 5.69 Å². The van der Waals surface area contributed by atoms with Gasteiger partial charge in [-0.05, 0) is 49.4 Å². The second kappa shape index (κ2) is 8.62. The van der Waals surface area contributed by atoms with Crippen LogP contribution in [0.1, 0.15) is 37.5 Å². The summed E-state index contributed by atoms with van der Waals surface area (Å²) in [6, 6.07) is 12.1. The van der Waals surface area contributed by atoms with E-state index in [2.05, 4.69) is 10.4 Å². The van der Waals surface area contributed by atoms with Crippen LogP contribution in [0.4, 0.5) is 0 Å². The molecular weight excluding hydrogens is 378 g/mol. The van der Waals surface area contributed by atoms with Crippen LogP contribution in [0, 0.1) is 6.92 Å². The summed E-state index contributed by atoms with van der Waals surface area (Å²) in [6.45, 7) is 3.41. The largest absolute Gasteiger partial charge is 0.454 e. The molecule has 0 saturated carbocycles. The van der Waals surface area contributed by atoms with Crippen LogP contribution in [0.25, 0.3) is 5.69 Å². The number of amides is 1. The number of ketones is 1. The van der Waals surface area contributed by atoms with E-state index in [4.69, 9.17) is 4.74 Å². The summed E-state index contributed by atoms with van der Waals surface area (Å²) in [5.74, 6) is -0.979. The van der Waals surface area contributed by atoms with Crippen LogP contribution in [-0.4, -0.2) is 34.0 Å². The Morgan fingerprint density at radius 2 is 1.86 bits per heavy atom. The Kier molecular flexibility index (Phi) is 6.00. The van der Waals surface area contributed by atoms with E-state index >= 15 is 0 Å². The molecule has 1 N–H and O–H groups in total. The maximum Gasteiger partial charge on any atom is 0.338 e. The molecule has 144 valence electrons. The van der Waals surface area contributed by atoms with Crippen molar-refractivity contribution in [2.75, 3.05) is 6.61 Å². The van der Waals surface area contributed by atoms with Gasteiger partial charge in [0.05, 0.1) is 22.7 Å². The highest BCUT2D eigenvalue weighted by Gasteiger charge is 2.14. The van der Waals surface area contributed by atoms with Crippen molar-refractivity contribution in [3.63, 3.8) is 0 Å². The second-order valence-electron chi connectivity index (χ2n) is 6.11. The number of esters is 1. The van der Waals surface area contributed by atoms with Gasteiger partial charge in [0.25, 0.3) is 0 Å². The van der Waals surface area contributed by atoms with Crippen LogP contribution < -0.4 is 5.32 Å². The number of hydrogen-bond donors (Lipinski definition) is 1. The number of rotatable bonds is 7. The molecule has 0 aliphatic carbocycles. The molecule has 0 bridgehead atoms. The van der Waals surface area contributed by atoms with Crippen LogP contribution in [0.3, 0.4) is 0 Å². The van der Waals surface area contributed by atoms with Gasteiger partial charge in [-0.15, -0.1) is 11.3 Å². The molecule has 7 nitrogen and oxygen atoms in total. The fourth-order valence-electron chi connectivity index (χ4n) is 2.50. The third kappa shape index (κ3) is 4.72. The average Bonchev–Trinajstić information content (AvgIpc) is 3.33. The number of ether oxygens (including phenoxy) is 1. The Labute approximate surface area is 165 Å². The van der Waals surface area contributed by atoms with E-state index in [9.17, 15) is 14.4 Å². The van der Waals surface area contributed by atoms with Crippen LogP contribution in [0.5, 0.6) is 0 Å². The predicted molar refractivity (Wildman–Crippen MR) is 105 cm³/mol. The molecule has 0 radical (unpaired) electrons. The van der Waals surface area contributed by atoms with Crippen LogP contribution >= 0.6 is 11.3 Å². The lowest BCUT2D eigenvalue weighted by Crippen LogP contribution is -2.18. The highest BCUT2D eigenvalue weighted by Crippen LogP contribution is 2.17. The lowest BCUT2D eigenvalue weighted by atomic mass is 10.2. The second-order valence-corrected chi connectivity index (χ2v) is 7.27. The molecule has 3 aromatic rings. The molecule has 8 heteroatoms. The predicted octanol–water partition coefficient (Wildman–Crippen LogP) is 2.92. The molecule has 0 aliphatic heterocycles.